The van der Waals surface area contributed by atoms with Crippen molar-refractivity contribution in [2.45, 2.75) is 13.2 Å². The van der Waals surface area contributed by atoms with E-state index in [2.05, 4.69) is 28.0 Å². The van der Waals surface area contributed by atoms with Crippen LogP contribution >= 0.6 is 0 Å². The van der Waals surface area contributed by atoms with Crippen LogP contribution in [0.1, 0.15) is 11.1 Å². The maximum Gasteiger partial charge on any atom is 0.0681 e. The Kier molecular flexibility index (Phi) is 5.56. The zero-order valence-electron chi connectivity index (χ0n) is 15.1. The smallest absolute Gasteiger partial charge is 0.0681 e. The molecule has 0 spiro atoms. The van der Waals surface area contributed by atoms with Gasteiger partial charge in [-0.3, -0.25) is 0 Å². The second kappa shape index (κ2) is 8.04. The summed E-state index contributed by atoms with van der Waals surface area (Å²) >= 11 is 0. The van der Waals surface area contributed by atoms with Crippen LogP contribution in [-0.2, 0) is 13.2 Å². The predicted molar refractivity (Wildman–Crippen MR) is 107 cm³/mol. The van der Waals surface area contributed by atoms with E-state index in [-0.39, 0.29) is 13.2 Å². The summed E-state index contributed by atoms with van der Waals surface area (Å²) in [5, 5.41) is 18.4. The van der Waals surface area contributed by atoms with E-state index in [0.29, 0.717) is 0 Å². The zero-order valence-corrected chi connectivity index (χ0v) is 15.1. The quantitative estimate of drug-likeness (QED) is 0.701. The van der Waals surface area contributed by atoms with Gasteiger partial charge in [0.25, 0.3) is 0 Å². The average molecular weight is 348 g/mol. The molecule has 3 aromatic rings. The van der Waals surface area contributed by atoms with Crippen LogP contribution in [0.5, 0.6) is 0 Å². The molecule has 0 bridgehead atoms. The van der Waals surface area contributed by atoms with Gasteiger partial charge in [0.1, 0.15) is 0 Å². The van der Waals surface area contributed by atoms with Crippen molar-refractivity contribution in [3.8, 4) is 0 Å². The summed E-state index contributed by atoms with van der Waals surface area (Å²) in [6.07, 6.45) is 0. The first-order valence-electron chi connectivity index (χ1n) is 8.59. The van der Waals surface area contributed by atoms with Crippen LogP contribution in [0.15, 0.2) is 72.8 Å². The summed E-state index contributed by atoms with van der Waals surface area (Å²) in [4.78, 5) is 4.24. The van der Waals surface area contributed by atoms with Gasteiger partial charge in [-0.2, -0.15) is 0 Å². The number of aliphatic hydroxyl groups is 2. The lowest BCUT2D eigenvalue weighted by Crippen LogP contribution is -2.12. The van der Waals surface area contributed by atoms with Gasteiger partial charge in [0.2, 0.25) is 0 Å². The fourth-order valence-corrected chi connectivity index (χ4v) is 2.86. The van der Waals surface area contributed by atoms with Crippen LogP contribution < -0.4 is 9.80 Å². The van der Waals surface area contributed by atoms with E-state index in [1.165, 1.54) is 0 Å². The van der Waals surface area contributed by atoms with Gasteiger partial charge in [0.15, 0.2) is 0 Å². The van der Waals surface area contributed by atoms with E-state index in [1.807, 2.05) is 68.7 Å². The molecule has 0 fully saturated rings. The summed E-state index contributed by atoms with van der Waals surface area (Å²) in [5.74, 6) is 0. The lowest BCUT2D eigenvalue weighted by Gasteiger charge is -2.24. The van der Waals surface area contributed by atoms with Crippen LogP contribution in [0.3, 0.4) is 0 Å². The molecule has 26 heavy (non-hydrogen) atoms. The topological polar surface area (TPSA) is 46.9 Å². The Labute approximate surface area is 154 Å². The third kappa shape index (κ3) is 3.87. The molecule has 0 atom stereocenters. The molecular weight excluding hydrogens is 324 g/mol. The van der Waals surface area contributed by atoms with Gasteiger partial charge in [0.05, 0.1) is 13.2 Å². The monoisotopic (exact) mass is 348 g/mol. The number of benzene rings is 3. The molecule has 0 aromatic heterocycles. The number of nitrogens with zero attached hydrogens (tertiary/aromatic N) is 2. The average Bonchev–Trinajstić information content (AvgIpc) is 2.73. The van der Waals surface area contributed by atoms with E-state index in [9.17, 15) is 10.2 Å². The predicted octanol–water partition coefficient (Wildman–Crippen LogP) is 4.21. The Balaban J connectivity index is 1.84. The molecule has 0 aliphatic rings. The number of hydrogen-bond acceptors (Lipinski definition) is 4. The third-order valence-electron chi connectivity index (χ3n) is 4.62. The molecule has 2 N–H and O–H groups in total. The van der Waals surface area contributed by atoms with Crippen LogP contribution in [0, 0.1) is 0 Å². The van der Waals surface area contributed by atoms with Crippen molar-refractivity contribution in [1.29, 1.82) is 0 Å². The summed E-state index contributed by atoms with van der Waals surface area (Å²) in [5.41, 5.74) is 6.10. The molecule has 0 amide bonds. The SMILES string of the molecule is CN(c1ccc(CO)cc1)c1cccc(N(C)c2ccc(CO)cc2)c1. The Morgan fingerprint density at radius 3 is 1.31 bits per heavy atom. The van der Waals surface area contributed by atoms with Gasteiger partial charge < -0.3 is 20.0 Å². The maximum atomic E-state index is 9.19. The molecule has 0 unspecified atom stereocenters. The second-order valence-electron chi connectivity index (χ2n) is 6.29. The Morgan fingerprint density at radius 1 is 0.577 bits per heavy atom. The molecule has 0 aliphatic carbocycles. The Hall–Kier alpha value is -2.82. The molecule has 0 saturated carbocycles. The first-order chi connectivity index (χ1) is 12.6. The van der Waals surface area contributed by atoms with Crippen LogP contribution in [0.2, 0.25) is 0 Å². The zero-order chi connectivity index (χ0) is 18.5. The van der Waals surface area contributed by atoms with Gasteiger partial charge in [-0.25, -0.2) is 0 Å². The van der Waals surface area contributed by atoms with Crippen LogP contribution in [0.25, 0.3) is 0 Å². The van der Waals surface area contributed by atoms with Gasteiger partial charge in [-0.05, 0) is 53.6 Å². The van der Waals surface area contributed by atoms with Crippen LogP contribution in [0.4, 0.5) is 22.7 Å². The molecule has 0 saturated heterocycles. The minimum atomic E-state index is 0.0549. The molecule has 0 aliphatic heterocycles. The van der Waals surface area contributed by atoms with E-state index in [4.69, 9.17) is 0 Å². The van der Waals surface area contributed by atoms with Crippen molar-refractivity contribution < 1.29 is 10.2 Å². The fraction of sp³-hybridized carbons (Fsp3) is 0.182. The van der Waals surface area contributed by atoms with Crippen molar-refractivity contribution in [3.63, 3.8) is 0 Å². The van der Waals surface area contributed by atoms with Crippen molar-refractivity contribution in [2.24, 2.45) is 0 Å². The first kappa shape index (κ1) is 18.0. The van der Waals surface area contributed by atoms with Gasteiger partial charge >= 0.3 is 0 Å². The normalized spacial score (nSPS) is 10.6. The maximum absolute atomic E-state index is 9.19. The lowest BCUT2D eigenvalue weighted by molar-refractivity contribution is 0.281. The molecule has 134 valence electrons. The van der Waals surface area contributed by atoms with Crippen molar-refractivity contribution >= 4 is 22.7 Å². The molecule has 4 heteroatoms. The summed E-state index contributed by atoms with van der Waals surface area (Å²) in [6, 6.07) is 24.1. The Morgan fingerprint density at radius 2 is 0.962 bits per heavy atom. The second-order valence-corrected chi connectivity index (χ2v) is 6.29. The van der Waals surface area contributed by atoms with Gasteiger partial charge in [-0.15, -0.1) is 0 Å². The fourth-order valence-electron chi connectivity index (χ4n) is 2.86. The van der Waals surface area contributed by atoms with E-state index >= 15 is 0 Å². The number of anilines is 4. The highest BCUT2D eigenvalue weighted by molar-refractivity contribution is 5.71. The standard InChI is InChI=1S/C22H24N2O2/c1-23(19-10-6-17(15-25)7-11-19)21-4-3-5-22(14-21)24(2)20-12-8-18(16-26)9-13-20/h3-14,25-26H,15-16H2,1-2H3. The molecule has 4 nitrogen and oxygen atoms in total. The Bertz CT molecular complexity index is 776. The molecule has 3 aromatic carbocycles. The number of rotatable bonds is 6. The minimum absolute atomic E-state index is 0.0549. The van der Waals surface area contributed by atoms with Crippen molar-refractivity contribution in [3.05, 3.63) is 83.9 Å². The highest BCUT2D eigenvalue weighted by Crippen LogP contribution is 2.30. The van der Waals surface area contributed by atoms with Gasteiger partial charge in [-0.1, -0.05) is 30.3 Å². The number of aliphatic hydroxyl groups excluding tert-OH is 2. The summed E-state index contributed by atoms with van der Waals surface area (Å²) in [6.45, 7) is 0.110. The lowest BCUT2D eigenvalue weighted by atomic mass is 10.1. The van der Waals surface area contributed by atoms with E-state index in [0.717, 1.165) is 33.9 Å². The molecule has 3 rings (SSSR count). The highest BCUT2D eigenvalue weighted by atomic mass is 16.3. The third-order valence-corrected chi connectivity index (χ3v) is 4.62. The van der Waals surface area contributed by atoms with Crippen molar-refractivity contribution in [2.75, 3.05) is 23.9 Å². The molecular formula is C22H24N2O2. The van der Waals surface area contributed by atoms with Gasteiger partial charge in [0, 0.05) is 36.8 Å². The van der Waals surface area contributed by atoms with Crippen LogP contribution in [-0.4, -0.2) is 24.3 Å². The van der Waals surface area contributed by atoms with E-state index in [1.54, 1.807) is 0 Å². The van der Waals surface area contributed by atoms with E-state index < -0.39 is 0 Å². The molecule has 0 heterocycles. The summed E-state index contributed by atoms with van der Waals surface area (Å²) in [7, 11) is 4.06. The number of hydrogen-bond donors (Lipinski definition) is 2. The minimum Gasteiger partial charge on any atom is -0.392 e. The first-order valence-corrected chi connectivity index (χ1v) is 8.59. The van der Waals surface area contributed by atoms with Crippen molar-refractivity contribution in [1.82, 2.24) is 0 Å². The largest absolute Gasteiger partial charge is 0.392 e. The molecule has 0 radical (unpaired) electrons. The summed E-state index contributed by atoms with van der Waals surface area (Å²) < 4.78 is 0. The highest BCUT2D eigenvalue weighted by Gasteiger charge is 2.08.